The third-order valence-corrected chi connectivity index (χ3v) is 9.42. The van der Waals surface area contributed by atoms with Crippen LogP contribution >= 0.6 is 0 Å². The van der Waals surface area contributed by atoms with Crippen LogP contribution in [0.1, 0.15) is 63.0 Å². The van der Waals surface area contributed by atoms with Gasteiger partial charge in [-0.15, -0.1) is 0 Å². The highest BCUT2D eigenvalue weighted by Crippen LogP contribution is 2.61. The molecule has 0 spiro atoms. The number of Topliss-reactive ketones (excluding diaryl/α,β-unsaturated/α-hetero) is 1. The van der Waals surface area contributed by atoms with Crippen molar-refractivity contribution >= 4 is 23.1 Å². The molecule has 3 N–H and O–H groups in total. The number of ketones is 1. The minimum Gasteiger partial charge on any atom is -0.356 e. The van der Waals surface area contributed by atoms with Gasteiger partial charge >= 0.3 is 0 Å². The average molecular weight is 499 g/mol. The summed E-state index contributed by atoms with van der Waals surface area (Å²) in [5.41, 5.74) is 10.4. The van der Waals surface area contributed by atoms with E-state index in [1.165, 1.54) is 38.5 Å². The van der Waals surface area contributed by atoms with Crippen molar-refractivity contribution in [3.05, 3.63) is 65.7 Å². The largest absolute Gasteiger partial charge is 0.356 e. The number of amides is 1. The average Bonchev–Trinajstić information content (AvgIpc) is 2.98. The zero-order valence-electron chi connectivity index (χ0n) is 21.9. The minimum atomic E-state index is -0.803. The topological polar surface area (TPSA) is 87.8 Å². The van der Waals surface area contributed by atoms with Crippen molar-refractivity contribution in [3.63, 3.8) is 0 Å². The number of hydrogen-bond donors (Lipinski definition) is 2. The van der Waals surface area contributed by atoms with E-state index in [0.29, 0.717) is 6.42 Å². The quantitative estimate of drug-likeness (QED) is 0.621. The van der Waals surface area contributed by atoms with E-state index in [2.05, 4.69) is 5.32 Å². The second-order valence-corrected chi connectivity index (χ2v) is 12.2. The van der Waals surface area contributed by atoms with Crippen LogP contribution in [0.4, 0.5) is 5.69 Å². The number of nitrogens with two attached hydrogens (primary N) is 1. The van der Waals surface area contributed by atoms with Crippen LogP contribution in [0.2, 0.25) is 0 Å². The molecule has 37 heavy (non-hydrogen) atoms. The first-order valence-electron chi connectivity index (χ1n) is 13.9. The van der Waals surface area contributed by atoms with Crippen molar-refractivity contribution in [2.45, 2.75) is 70.1 Å². The molecule has 0 saturated heterocycles. The Morgan fingerprint density at radius 3 is 2.24 bits per heavy atom. The summed E-state index contributed by atoms with van der Waals surface area (Å²) in [7, 11) is 1.91. The van der Waals surface area contributed by atoms with Gasteiger partial charge in [-0.25, -0.2) is 0 Å². The van der Waals surface area contributed by atoms with E-state index in [1.54, 1.807) is 6.92 Å². The Labute approximate surface area is 219 Å². The molecule has 4 aliphatic carbocycles. The second kappa shape index (κ2) is 9.39. The van der Waals surface area contributed by atoms with Gasteiger partial charge in [-0.3, -0.25) is 14.6 Å². The summed E-state index contributed by atoms with van der Waals surface area (Å²) in [6, 6.07) is 16.4. The van der Waals surface area contributed by atoms with Crippen molar-refractivity contribution in [1.82, 2.24) is 5.32 Å². The van der Waals surface area contributed by atoms with Gasteiger partial charge in [0.1, 0.15) is 12.2 Å². The lowest BCUT2D eigenvalue weighted by Gasteiger charge is -2.56. The van der Waals surface area contributed by atoms with Crippen LogP contribution in [0.25, 0.3) is 0 Å². The number of rotatable bonds is 6. The fourth-order valence-corrected chi connectivity index (χ4v) is 8.16. The lowest BCUT2D eigenvalue weighted by atomic mass is 9.49. The van der Waals surface area contributed by atoms with Crippen LogP contribution in [-0.4, -0.2) is 42.7 Å². The van der Waals surface area contributed by atoms with Crippen molar-refractivity contribution in [2.24, 2.45) is 33.9 Å². The monoisotopic (exact) mass is 498 g/mol. The molecular weight excluding hydrogens is 460 g/mol. The van der Waals surface area contributed by atoms with Crippen LogP contribution in [0.15, 0.2) is 59.6 Å². The van der Waals surface area contributed by atoms with Crippen molar-refractivity contribution in [3.8, 4) is 0 Å². The van der Waals surface area contributed by atoms with E-state index < -0.39 is 18.2 Å². The number of anilines is 1. The molecule has 0 radical (unpaired) electrons. The van der Waals surface area contributed by atoms with Gasteiger partial charge in [-0.05, 0) is 74.7 Å². The fourth-order valence-electron chi connectivity index (χ4n) is 8.16. The van der Waals surface area contributed by atoms with Gasteiger partial charge < -0.3 is 16.0 Å². The SMILES string of the molecule is CC(NC(=O)CC12CC3CC(CC(C3)C1)C2)C(=O)C1N=C(c2ccccc2)c2ccccc2N(C)[C@@H]1N. The first-order valence-corrected chi connectivity index (χ1v) is 13.9. The lowest BCUT2D eigenvalue weighted by Crippen LogP contribution is -2.55. The number of benzodiazepines with no additional fused rings is 1. The molecule has 1 amide bonds. The normalized spacial score (nSPS) is 32.8. The molecule has 6 heteroatoms. The van der Waals surface area contributed by atoms with E-state index in [-0.39, 0.29) is 17.1 Å². The summed E-state index contributed by atoms with van der Waals surface area (Å²) in [5, 5.41) is 3.05. The zero-order chi connectivity index (χ0) is 25.7. The molecule has 6 nitrogen and oxygen atoms in total. The Balaban J connectivity index is 1.23. The number of fused-ring (bicyclic) bond motifs is 1. The molecule has 1 aliphatic heterocycles. The number of aliphatic imine (C=N–C) groups is 1. The molecule has 0 aromatic heterocycles. The molecule has 4 bridgehead atoms. The molecule has 3 atom stereocenters. The van der Waals surface area contributed by atoms with E-state index in [4.69, 9.17) is 10.7 Å². The van der Waals surface area contributed by atoms with Crippen LogP contribution in [-0.2, 0) is 9.59 Å². The number of hydrogen-bond acceptors (Lipinski definition) is 5. The van der Waals surface area contributed by atoms with Crippen molar-refractivity contribution in [1.29, 1.82) is 0 Å². The standard InChI is InChI=1S/C31H38N4O2/c1-19(33-26(36)18-31-15-20-12-21(16-31)14-22(13-20)17-31)29(37)28-30(32)35(2)25-11-7-6-10-24(25)27(34-28)23-8-4-3-5-9-23/h3-11,19-22,28,30H,12-18,32H2,1-2H3,(H,33,36)/t19?,20?,21?,22?,28?,30-,31?/m0/s1. The summed E-state index contributed by atoms with van der Waals surface area (Å²) in [5.74, 6) is 2.23. The third-order valence-electron chi connectivity index (χ3n) is 9.42. The van der Waals surface area contributed by atoms with Gasteiger partial charge in [0, 0.05) is 30.3 Å². The number of likely N-dealkylation sites (N-methyl/N-ethyl adjacent to an activating group) is 1. The van der Waals surface area contributed by atoms with Gasteiger partial charge in [0.15, 0.2) is 5.78 Å². The predicted molar refractivity (Wildman–Crippen MR) is 147 cm³/mol. The number of nitrogens with one attached hydrogen (secondary N) is 1. The molecule has 194 valence electrons. The van der Waals surface area contributed by atoms with Gasteiger partial charge in [-0.2, -0.15) is 0 Å². The molecule has 7 rings (SSSR count). The molecular formula is C31H38N4O2. The zero-order valence-corrected chi connectivity index (χ0v) is 21.9. The second-order valence-electron chi connectivity index (χ2n) is 12.2. The Morgan fingerprint density at radius 1 is 1.00 bits per heavy atom. The Hall–Kier alpha value is -2.99. The Kier molecular flexibility index (Phi) is 6.18. The molecule has 2 aromatic rings. The number of para-hydroxylation sites is 1. The van der Waals surface area contributed by atoms with E-state index in [1.807, 2.05) is 66.5 Å². The first kappa shape index (κ1) is 24.4. The van der Waals surface area contributed by atoms with E-state index >= 15 is 0 Å². The van der Waals surface area contributed by atoms with Gasteiger partial charge in [-0.1, -0.05) is 48.5 Å². The Bertz CT molecular complexity index is 1190. The molecule has 4 fully saturated rings. The van der Waals surface area contributed by atoms with Crippen LogP contribution in [0.3, 0.4) is 0 Å². The van der Waals surface area contributed by atoms with Gasteiger partial charge in [0.25, 0.3) is 0 Å². The molecule has 2 unspecified atom stereocenters. The maximum atomic E-state index is 13.8. The summed E-state index contributed by atoms with van der Waals surface area (Å²) in [4.78, 5) is 34.0. The lowest BCUT2D eigenvalue weighted by molar-refractivity contribution is -0.133. The van der Waals surface area contributed by atoms with Crippen molar-refractivity contribution < 1.29 is 9.59 Å². The highest BCUT2D eigenvalue weighted by atomic mass is 16.2. The molecule has 1 heterocycles. The van der Waals surface area contributed by atoms with Crippen LogP contribution < -0.4 is 16.0 Å². The van der Waals surface area contributed by atoms with Crippen molar-refractivity contribution in [2.75, 3.05) is 11.9 Å². The van der Waals surface area contributed by atoms with Crippen LogP contribution in [0.5, 0.6) is 0 Å². The highest BCUT2D eigenvalue weighted by Gasteiger charge is 2.51. The maximum absolute atomic E-state index is 13.8. The summed E-state index contributed by atoms with van der Waals surface area (Å²) in [6.07, 6.45) is 7.49. The molecule has 2 aromatic carbocycles. The van der Waals surface area contributed by atoms with Crippen LogP contribution in [0, 0.1) is 23.2 Å². The number of carbonyl (C=O) groups is 2. The predicted octanol–water partition coefficient (Wildman–Crippen LogP) is 4.31. The summed E-state index contributed by atoms with van der Waals surface area (Å²) < 4.78 is 0. The minimum absolute atomic E-state index is 0.00565. The Morgan fingerprint density at radius 2 is 1.59 bits per heavy atom. The highest BCUT2D eigenvalue weighted by molar-refractivity contribution is 6.17. The van der Waals surface area contributed by atoms with E-state index in [9.17, 15) is 9.59 Å². The molecule has 4 saturated carbocycles. The van der Waals surface area contributed by atoms with Gasteiger partial charge in [0.05, 0.1) is 11.8 Å². The molecule has 5 aliphatic rings. The van der Waals surface area contributed by atoms with E-state index in [0.717, 1.165) is 40.3 Å². The number of carbonyl (C=O) groups excluding carboxylic acids is 2. The maximum Gasteiger partial charge on any atom is 0.221 e. The number of nitrogens with zero attached hydrogens (tertiary/aromatic N) is 2. The number of benzene rings is 2. The summed E-state index contributed by atoms with van der Waals surface area (Å²) >= 11 is 0. The first-order chi connectivity index (χ1) is 17.8. The third kappa shape index (κ3) is 4.50. The fraction of sp³-hybridized carbons (Fsp3) is 0.516. The summed E-state index contributed by atoms with van der Waals surface area (Å²) in [6.45, 7) is 1.78. The smallest absolute Gasteiger partial charge is 0.221 e. The van der Waals surface area contributed by atoms with Gasteiger partial charge in [0.2, 0.25) is 5.91 Å².